The van der Waals surface area contributed by atoms with Gasteiger partial charge in [-0.3, -0.25) is 14.4 Å². The summed E-state index contributed by atoms with van der Waals surface area (Å²) in [5.41, 5.74) is -0.433. The Balaban J connectivity index is 2.29. The molecule has 6 nitrogen and oxygen atoms in total. The smallest absolute Gasteiger partial charge is 0.469 e. The summed E-state index contributed by atoms with van der Waals surface area (Å²) in [6.45, 7) is 0. The van der Waals surface area contributed by atoms with Crippen LogP contribution in [0, 0.1) is 5.41 Å². The van der Waals surface area contributed by atoms with Gasteiger partial charge in [-0.05, 0) is 37.0 Å². The van der Waals surface area contributed by atoms with Crippen LogP contribution in [0.5, 0.6) is 5.75 Å². The maximum absolute atomic E-state index is 13.0. The monoisotopic (exact) mass is 388 g/mol. The average molecular weight is 388 g/mol. The fraction of sp³-hybridized carbons (Fsp3) is 0.500. The molecule has 0 atom stereocenters. The predicted molar refractivity (Wildman–Crippen MR) is 86.1 cm³/mol. The Morgan fingerprint density at radius 3 is 2.11 bits per heavy atom. The second kappa shape index (κ2) is 7.98. The maximum atomic E-state index is 13.0. The highest BCUT2D eigenvalue weighted by atomic mass is 19.4. The van der Waals surface area contributed by atoms with Crippen LogP contribution in [0.4, 0.5) is 13.2 Å². The third-order valence-corrected chi connectivity index (χ3v) is 4.64. The summed E-state index contributed by atoms with van der Waals surface area (Å²) >= 11 is 0. The number of hydrogen-bond acceptors (Lipinski definition) is 6. The van der Waals surface area contributed by atoms with E-state index in [1.165, 1.54) is 20.3 Å². The molecule has 1 aromatic rings. The van der Waals surface area contributed by atoms with Crippen molar-refractivity contribution >= 4 is 17.7 Å². The summed E-state index contributed by atoms with van der Waals surface area (Å²) in [5.74, 6) is -1.95. The van der Waals surface area contributed by atoms with Crippen LogP contribution in [0.25, 0.3) is 0 Å². The van der Waals surface area contributed by atoms with Gasteiger partial charge in [0.25, 0.3) is 0 Å². The number of fused-ring (bicyclic) bond motifs is 1. The highest BCUT2D eigenvalue weighted by Gasteiger charge is 2.46. The zero-order chi connectivity index (χ0) is 20.2. The number of alkyl halides is 3. The quantitative estimate of drug-likeness (QED) is 0.668. The molecule has 0 aromatic heterocycles. The van der Waals surface area contributed by atoms with Crippen molar-refractivity contribution in [3.05, 3.63) is 29.3 Å². The first-order chi connectivity index (χ1) is 12.6. The normalized spacial score (nSPS) is 15.2. The van der Waals surface area contributed by atoms with Gasteiger partial charge < -0.3 is 14.2 Å². The van der Waals surface area contributed by atoms with Crippen LogP contribution < -0.4 is 4.74 Å². The molecule has 148 valence electrons. The number of esters is 2. The molecule has 0 unspecified atom stereocenters. The number of carbonyl (C=O) groups is 3. The third-order valence-electron chi connectivity index (χ3n) is 4.64. The van der Waals surface area contributed by atoms with Gasteiger partial charge in [-0.25, -0.2) is 0 Å². The van der Waals surface area contributed by atoms with E-state index in [0.29, 0.717) is 5.56 Å². The molecule has 0 heterocycles. The molecular weight excluding hydrogens is 369 g/mol. The number of methoxy groups -OCH3 is 2. The zero-order valence-corrected chi connectivity index (χ0v) is 14.9. The topological polar surface area (TPSA) is 78.9 Å². The van der Waals surface area contributed by atoms with Gasteiger partial charge in [0.1, 0.15) is 5.75 Å². The lowest BCUT2D eigenvalue weighted by Gasteiger charge is -2.26. The van der Waals surface area contributed by atoms with Crippen LogP contribution >= 0.6 is 0 Å². The number of Topliss-reactive ketones (excluding diaryl/α,β-unsaturated/α-hetero) is 1. The van der Waals surface area contributed by atoms with Crippen LogP contribution in [0.15, 0.2) is 18.2 Å². The molecule has 1 aliphatic rings. The van der Waals surface area contributed by atoms with Crippen molar-refractivity contribution in [3.63, 3.8) is 0 Å². The SMILES string of the molecule is COC(=O)CCC1(CCC(=O)OC)Cc2ccc(OC(F)(F)F)cc2C1=O. The Morgan fingerprint density at radius 1 is 1.07 bits per heavy atom. The second-order valence-electron chi connectivity index (χ2n) is 6.31. The molecule has 0 bridgehead atoms. The highest BCUT2D eigenvalue weighted by molar-refractivity contribution is 6.05. The van der Waals surface area contributed by atoms with Crippen molar-refractivity contribution in [1.29, 1.82) is 0 Å². The molecule has 27 heavy (non-hydrogen) atoms. The summed E-state index contributed by atoms with van der Waals surface area (Å²) < 4.78 is 50.4. The van der Waals surface area contributed by atoms with E-state index in [1.807, 2.05) is 0 Å². The lowest BCUT2D eigenvalue weighted by molar-refractivity contribution is -0.274. The van der Waals surface area contributed by atoms with Crippen molar-refractivity contribution in [1.82, 2.24) is 0 Å². The molecule has 0 saturated heterocycles. The Kier molecular flexibility index (Phi) is 6.12. The molecule has 2 rings (SSSR count). The molecule has 0 spiro atoms. The second-order valence-corrected chi connectivity index (χ2v) is 6.31. The fourth-order valence-electron chi connectivity index (χ4n) is 3.26. The van der Waals surface area contributed by atoms with E-state index in [9.17, 15) is 27.6 Å². The van der Waals surface area contributed by atoms with Crippen LogP contribution in [0.1, 0.15) is 41.6 Å². The van der Waals surface area contributed by atoms with Gasteiger partial charge in [0.2, 0.25) is 0 Å². The van der Waals surface area contributed by atoms with E-state index in [0.717, 1.165) is 12.1 Å². The van der Waals surface area contributed by atoms with Crippen molar-refractivity contribution < 1.29 is 41.8 Å². The number of ether oxygens (including phenoxy) is 3. The van der Waals surface area contributed by atoms with E-state index in [1.54, 1.807) is 0 Å². The number of rotatable bonds is 7. The standard InChI is InChI=1S/C18H19F3O6/c1-25-14(22)5-7-17(8-6-15(23)26-2)10-11-3-4-12(27-18(19,20)21)9-13(11)16(17)24/h3-4,9H,5-8,10H2,1-2H3. The van der Waals surface area contributed by atoms with Gasteiger partial charge >= 0.3 is 18.3 Å². The summed E-state index contributed by atoms with van der Waals surface area (Å²) in [5, 5.41) is 0. The van der Waals surface area contributed by atoms with E-state index < -0.39 is 35.2 Å². The maximum Gasteiger partial charge on any atom is 0.573 e. The average Bonchev–Trinajstić information content (AvgIpc) is 2.88. The van der Waals surface area contributed by atoms with Gasteiger partial charge in [0, 0.05) is 23.8 Å². The summed E-state index contributed by atoms with van der Waals surface area (Å²) in [4.78, 5) is 36.0. The number of hydrogen-bond donors (Lipinski definition) is 0. The van der Waals surface area contributed by atoms with Gasteiger partial charge in [-0.2, -0.15) is 0 Å². The molecule has 0 saturated carbocycles. The molecule has 0 N–H and O–H groups in total. The molecule has 1 aromatic carbocycles. The molecule has 0 fully saturated rings. The molecule has 9 heteroatoms. The predicted octanol–water partition coefficient (Wildman–Crippen LogP) is 3.22. The fourth-order valence-corrected chi connectivity index (χ4v) is 3.26. The minimum Gasteiger partial charge on any atom is -0.469 e. The first-order valence-corrected chi connectivity index (χ1v) is 8.17. The molecule has 0 radical (unpaired) electrons. The lowest BCUT2D eigenvalue weighted by atomic mass is 9.75. The van der Waals surface area contributed by atoms with Crippen LogP contribution in [0.2, 0.25) is 0 Å². The van der Waals surface area contributed by atoms with E-state index >= 15 is 0 Å². The Hall–Kier alpha value is -2.58. The first-order valence-electron chi connectivity index (χ1n) is 8.17. The van der Waals surface area contributed by atoms with Crippen molar-refractivity contribution in [3.8, 4) is 5.75 Å². The van der Waals surface area contributed by atoms with E-state index in [4.69, 9.17) is 0 Å². The summed E-state index contributed by atoms with van der Waals surface area (Å²) in [7, 11) is 2.44. The van der Waals surface area contributed by atoms with Crippen LogP contribution in [-0.2, 0) is 25.5 Å². The highest BCUT2D eigenvalue weighted by Crippen LogP contribution is 2.45. The molecule has 1 aliphatic carbocycles. The van der Waals surface area contributed by atoms with Crippen molar-refractivity contribution in [2.45, 2.75) is 38.5 Å². The summed E-state index contributed by atoms with van der Waals surface area (Å²) in [6, 6.07) is 3.58. The first kappa shape index (κ1) is 20.7. The number of benzene rings is 1. The van der Waals surface area contributed by atoms with Crippen molar-refractivity contribution in [2.75, 3.05) is 14.2 Å². The van der Waals surface area contributed by atoms with Gasteiger partial charge in [0.05, 0.1) is 14.2 Å². The minimum absolute atomic E-state index is 0.0523. The third kappa shape index (κ3) is 4.99. The van der Waals surface area contributed by atoms with Crippen molar-refractivity contribution in [2.24, 2.45) is 5.41 Å². The van der Waals surface area contributed by atoms with Crippen LogP contribution in [0.3, 0.4) is 0 Å². The Labute approximate surface area is 153 Å². The molecule has 0 aliphatic heterocycles. The van der Waals surface area contributed by atoms with E-state index in [2.05, 4.69) is 14.2 Å². The number of carbonyl (C=O) groups excluding carboxylic acids is 3. The minimum atomic E-state index is -4.87. The zero-order valence-electron chi connectivity index (χ0n) is 14.9. The number of halogens is 3. The molecular formula is C18H19F3O6. The Bertz CT molecular complexity index is 721. The van der Waals surface area contributed by atoms with Gasteiger partial charge in [-0.15, -0.1) is 13.2 Å². The van der Waals surface area contributed by atoms with Crippen LogP contribution in [-0.4, -0.2) is 38.3 Å². The summed E-state index contributed by atoms with van der Waals surface area (Å²) in [6.07, 6.45) is -4.55. The Morgan fingerprint density at radius 2 is 1.63 bits per heavy atom. The lowest BCUT2D eigenvalue weighted by Crippen LogP contribution is -2.30. The largest absolute Gasteiger partial charge is 0.573 e. The van der Waals surface area contributed by atoms with E-state index in [-0.39, 0.29) is 37.7 Å². The number of ketones is 1. The van der Waals surface area contributed by atoms with Gasteiger partial charge in [0.15, 0.2) is 5.78 Å². The van der Waals surface area contributed by atoms with Gasteiger partial charge in [-0.1, -0.05) is 6.07 Å². The molecule has 0 amide bonds.